The van der Waals surface area contributed by atoms with Crippen LogP contribution in [0.4, 0.5) is 4.79 Å². The molecule has 0 aromatic heterocycles. The average Bonchev–Trinajstić information content (AvgIpc) is 3.29. The summed E-state index contributed by atoms with van der Waals surface area (Å²) in [4.78, 5) is 68.0. The molecule has 2 atom stereocenters. The Labute approximate surface area is 247 Å². The Morgan fingerprint density at radius 2 is 1.33 bits per heavy atom. The molecule has 0 spiro atoms. The molecule has 224 valence electrons. The normalized spacial score (nSPS) is 12.8. The Kier molecular flexibility index (Phi) is 11.8. The Morgan fingerprint density at radius 3 is 1.84 bits per heavy atom. The molecule has 2 aromatic rings. The Morgan fingerprint density at radius 1 is 0.814 bits per heavy atom. The second kappa shape index (κ2) is 15.7. The third kappa shape index (κ3) is 9.12. The molecule has 1 aliphatic carbocycles. The first-order chi connectivity index (χ1) is 20.6. The lowest BCUT2D eigenvalue weighted by Gasteiger charge is -2.23. The van der Waals surface area contributed by atoms with Gasteiger partial charge in [0.25, 0.3) is 0 Å². The van der Waals surface area contributed by atoms with Gasteiger partial charge in [-0.15, -0.1) is 0 Å². The zero-order chi connectivity index (χ0) is 31.4. The highest BCUT2D eigenvalue weighted by Crippen LogP contribution is 2.44. The molecule has 13 heteroatoms. The van der Waals surface area contributed by atoms with Gasteiger partial charge in [0.1, 0.15) is 18.7 Å². The van der Waals surface area contributed by atoms with Crippen LogP contribution in [0.25, 0.3) is 22.2 Å². The number of carbonyl (C=O) groups excluding carboxylic acids is 5. The largest absolute Gasteiger partial charge is 0.461 e. The number of benzene rings is 2. The van der Waals surface area contributed by atoms with Crippen molar-refractivity contribution in [3.63, 3.8) is 0 Å². The molecular weight excluding hydrogens is 556 g/mol. The molecule has 0 aliphatic heterocycles. The molecule has 3 rings (SSSR count). The molecule has 0 fully saturated rings. The number of Topliss-reactive ketones (excluding diaryl/α,β-unsaturated/α-hetero) is 2. The highest BCUT2D eigenvalue weighted by atomic mass is 16.6. The van der Waals surface area contributed by atoms with E-state index in [1.165, 1.54) is 0 Å². The molecule has 1 aliphatic rings. The van der Waals surface area contributed by atoms with Crippen molar-refractivity contribution in [2.24, 2.45) is 0 Å². The first-order valence-electron chi connectivity index (χ1n) is 13.7. The van der Waals surface area contributed by atoms with Crippen molar-refractivity contribution >= 4 is 42.0 Å². The van der Waals surface area contributed by atoms with E-state index >= 15 is 0 Å². The summed E-state index contributed by atoms with van der Waals surface area (Å²) in [5.74, 6) is -3.10. The summed E-state index contributed by atoms with van der Waals surface area (Å²) < 4.78 is 10.7. The van der Waals surface area contributed by atoms with Crippen LogP contribution in [0.2, 0.25) is 0 Å². The molecule has 0 radical (unpaired) electrons. The topological polar surface area (TPSA) is 201 Å². The molecule has 0 heterocycles. The van der Waals surface area contributed by atoms with Gasteiger partial charge in [0.05, 0.1) is 6.10 Å². The van der Waals surface area contributed by atoms with E-state index in [0.29, 0.717) is 12.4 Å². The maximum absolute atomic E-state index is 13.3. The van der Waals surface area contributed by atoms with Gasteiger partial charge < -0.3 is 31.2 Å². The Bertz CT molecular complexity index is 1430. The lowest BCUT2D eigenvalue weighted by atomic mass is 9.98. The Balaban J connectivity index is 1.73. The lowest BCUT2D eigenvalue weighted by Crippen LogP contribution is -2.52. The van der Waals surface area contributed by atoms with E-state index in [2.05, 4.69) is 20.2 Å². The number of hydrogen-bond acceptors (Lipinski definition) is 7. The highest BCUT2D eigenvalue weighted by Gasteiger charge is 2.32. The van der Waals surface area contributed by atoms with E-state index < -0.39 is 47.7 Å². The quantitative estimate of drug-likeness (QED) is 0.138. The summed E-state index contributed by atoms with van der Waals surface area (Å²) in [7, 11) is 0. The molecule has 0 saturated carbocycles. The lowest BCUT2D eigenvalue weighted by molar-refractivity contribution is -0.152. The van der Waals surface area contributed by atoms with Crippen LogP contribution < -0.4 is 10.6 Å². The van der Waals surface area contributed by atoms with Gasteiger partial charge in [0, 0.05) is 18.8 Å². The first-order valence-corrected chi connectivity index (χ1v) is 13.7. The van der Waals surface area contributed by atoms with Gasteiger partial charge in [-0.05, 0) is 48.9 Å². The van der Waals surface area contributed by atoms with Crippen molar-refractivity contribution in [2.45, 2.75) is 63.6 Å². The van der Waals surface area contributed by atoms with E-state index in [-0.39, 0.29) is 38.2 Å². The van der Waals surface area contributed by atoms with Crippen LogP contribution in [-0.4, -0.2) is 76.3 Å². The number of alkyl carbamates (subject to hydrolysis) is 1. The van der Waals surface area contributed by atoms with Crippen LogP contribution in [0.15, 0.2) is 48.5 Å². The number of amides is 2. The molecule has 2 N–H and O–H groups in total. The van der Waals surface area contributed by atoms with Crippen LogP contribution in [-0.2, 0) is 28.7 Å². The van der Waals surface area contributed by atoms with E-state index in [1.807, 2.05) is 48.5 Å². The predicted octanol–water partition coefficient (Wildman–Crippen LogP) is 2.63. The summed E-state index contributed by atoms with van der Waals surface area (Å²) in [5, 5.41) is 4.92. The van der Waals surface area contributed by atoms with Crippen LogP contribution in [0.3, 0.4) is 0 Å². The molecular formula is C30H32N6O7. The van der Waals surface area contributed by atoms with E-state index in [4.69, 9.17) is 20.5 Å². The Hall–Kier alpha value is -5.25. The molecule has 0 unspecified atom stereocenters. The van der Waals surface area contributed by atoms with Crippen molar-refractivity contribution in [3.8, 4) is 11.1 Å². The van der Waals surface area contributed by atoms with Gasteiger partial charge in [-0.2, -0.15) is 9.58 Å². The number of fused-ring (bicyclic) bond motifs is 3. The monoisotopic (exact) mass is 588 g/mol. The number of rotatable bonds is 15. The SMILES string of the molecule is CC(C)OC(=O)[C@H](CCC(=O)C=[N+]=[N-])NC(=O)[C@H](CCC(=O)C=[N+]=[N-])NC(=O)OCC1c2ccccc2-c2ccccc21. The minimum atomic E-state index is -1.34. The minimum absolute atomic E-state index is 0.0256. The number of esters is 1. The maximum atomic E-state index is 13.3. The fourth-order valence-electron chi connectivity index (χ4n) is 4.72. The molecule has 43 heavy (non-hydrogen) atoms. The van der Waals surface area contributed by atoms with Gasteiger partial charge in [-0.25, -0.2) is 9.59 Å². The summed E-state index contributed by atoms with van der Waals surface area (Å²) >= 11 is 0. The van der Waals surface area contributed by atoms with E-state index in [0.717, 1.165) is 22.3 Å². The van der Waals surface area contributed by atoms with Gasteiger partial charge in [-0.1, -0.05) is 48.5 Å². The van der Waals surface area contributed by atoms with Gasteiger partial charge in [-0.3, -0.25) is 14.4 Å². The number of hydrogen-bond donors (Lipinski definition) is 2. The number of nitrogens with zero attached hydrogens (tertiary/aromatic N) is 4. The van der Waals surface area contributed by atoms with Gasteiger partial charge in [0.2, 0.25) is 17.5 Å². The maximum Gasteiger partial charge on any atom is 0.407 e. The predicted molar refractivity (Wildman–Crippen MR) is 153 cm³/mol. The standard InChI is InChI=1S/C30H32N6O7/c1-18(2)43-29(40)27(14-12-20(38)16-34-32)35-28(39)26(13-11-19(37)15-33-31)36-30(41)42-17-25-23-9-5-3-7-21(23)22-8-4-6-10-24(22)25/h3-10,15-16,18,25-27H,11-14,17H2,1-2H3,(H,35,39)(H,36,41)/t26-,27-/m0/s1. The molecule has 0 bridgehead atoms. The number of nitrogens with one attached hydrogen (secondary N) is 2. The summed E-state index contributed by atoms with van der Waals surface area (Å²) in [6, 6.07) is 12.9. The zero-order valence-electron chi connectivity index (χ0n) is 23.8. The molecule has 2 amide bonds. The summed E-state index contributed by atoms with van der Waals surface area (Å²) in [5.41, 5.74) is 21.3. The minimum Gasteiger partial charge on any atom is -0.461 e. The van der Waals surface area contributed by atoms with Crippen LogP contribution in [0.5, 0.6) is 0 Å². The zero-order valence-corrected chi connectivity index (χ0v) is 23.8. The van der Waals surface area contributed by atoms with Crippen molar-refractivity contribution in [3.05, 3.63) is 70.7 Å². The highest BCUT2D eigenvalue weighted by molar-refractivity contribution is 6.25. The average molecular weight is 589 g/mol. The molecule has 2 aromatic carbocycles. The number of ether oxygens (including phenoxy) is 2. The van der Waals surface area contributed by atoms with Crippen LogP contribution >= 0.6 is 0 Å². The van der Waals surface area contributed by atoms with Gasteiger partial charge in [0.15, 0.2) is 0 Å². The second-order valence-corrected chi connectivity index (χ2v) is 10.1. The van der Waals surface area contributed by atoms with Crippen molar-refractivity contribution in [1.82, 2.24) is 10.6 Å². The van der Waals surface area contributed by atoms with Crippen LogP contribution in [0, 0.1) is 0 Å². The summed E-state index contributed by atoms with van der Waals surface area (Å²) in [6.07, 6.45) is -1.05. The van der Waals surface area contributed by atoms with E-state index in [1.54, 1.807) is 13.8 Å². The summed E-state index contributed by atoms with van der Waals surface area (Å²) in [6.45, 7) is 3.19. The first kappa shape index (κ1) is 32.3. The second-order valence-electron chi connectivity index (χ2n) is 10.1. The van der Waals surface area contributed by atoms with Gasteiger partial charge >= 0.3 is 24.5 Å². The van der Waals surface area contributed by atoms with Crippen molar-refractivity contribution in [1.29, 1.82) is 0 Å². The number of ketones is 2. The third-order valence-electron chi connectivity index (χ3n) is 6.67. The third-order valence-corrected chi connectivity index (χ3v) is 6.67. The number of carbonyl (C=O) groups is 5. The molecule has 0 saturated heterocycles. The van der Waals surface area contributed by atoms with Crippen molar-refractivity contribution < 1.29 is 43.0 Å². The smallest absolute Gasteiger partial charge is 0.407 e. The van der Waals surface area contributed by atoms with E-state index in [9.17, 15) is 24.0 Å². The fourth-order valence-corrected chi connectivity index (χ4v) is 4.72. The fraction of sp³-hybridized carbons (Fsp3) is 0.367. The van der Waals surface area contributed by atoms with Crippen LogP contribution in [0.1, 0.15) is 56.6 Å². The molecule has 13 nitrogen and oxygen atoms in total. The van der Waals surface area contributed by atoms with Crippen molar-refractivity contribution in [2.75, 3.05) is 6.61 Å².